The van der Waals surface area contributed by atoms with E-state index in [-0.39, 0.29) is 16.3 Å². The van der Waals surface area contributed by atoms with Gasteiger partial charge in [-0.15, -0.1) is 0 Å². The standard InChI is InChI=1S/C22H19Cl2FN2O4S/c1-14-3-8-20(31-2)21(9-14)32(29,30)27(19-6-4-17(25)5-7-19)13-22(28)26-18-11-15(23)10-16(24)12-18/h3-12H,13H2,1-2H3,(H,26,28). The Morgan fingerprint density at radius 2 is 1.66 bits per heavy atom. The molecule has 1 amide bonds. The molecule has 0 saturated heterocycles. The molecule has 0 aromatic heterocycles. The van der Waals surface area contributed by atoms with Gasteiger partial charge in [0.15, 0.2) is 0 Å². The lowest BCUT2D eigenvalue weighted by atomic mass is 10.2. The molecule has 0 spiro atoms. The van der Waals surface area contributed by atoms with Crippen LogP contribution in [0.2, 0.25) is 10.0 Å². The maximum atomic E-state index is 13.6. The van der Waals surface area contributed by atoms with E-state index in [0.717, 1.165) is 16.4 Å². The zero-order valence-electron chi connectivity index (χ0n) is 17.1. The molecule has 32 heavy (non-hydrogen) atoms. The number of aryl methyl sites for hydroxylation is 1. The number of rotatable bonds is 7. The lowest BCUT2D eigenvalue weighted by Gasteiger charge is -2.25. The number of nitrogens with one attached hydrogen (secondary N) is 1. The van der Waals surface area contributed by atoms with Gasteiger partial charge in [-0.2, -0.15) is 0 Å². The highest BCUT2D eigenvalue weighted by Gasteiger charge is 2.30. The second-order valence-corrected chi connectivity index (χ2v) is 9.55. The van der Waals surface area contributed by atoms with Crippen molar-refractivity contribution in [3.63, 3.8) is 0 Å². The van der Waals surface area contributed by atoms with Crippen LogP contribution >= 0.6 is 23.2 Å². The Morgan fingerprint density at radius 1 is 1.03 bits per heavy atom. The summed E-state index contributed by atoms with van der Waals surface area (Å²) in [5.41, 5.74) is 1.09. The van der Waals surface area contributed by atoms with Crippen molar-refractivity contribution in [3.05, 3.63) is 82.1 Å². The van der Waals surface area contributed by atoms with Crippen molar-refractivity contribution in [2.45, 2.75) is 11.8 Å². The van der Waals surface area contributed by atoms with Gasteiger partial charge in [0, 0.05) is 15.7 Å². The topological polar surface area (TPSA) is 75.7 Å². The second kappa shape index (κ2) is 9.77. The summed E-state index contributed by atoms with van der Waals surface area (Å²) >= 11 is 11.9. The molecule has 0 unspecified atom stereocenters. The molecule has 3 aromatic carbocycles. The first kappa shape index (κ1) is 23.8. The molecule has 0 heterocycles. The molecular formula is C22H19Cl2FN2O4S. The second-order valence-electron chi connectivity index (χ2n) is 6.85. The third-order valence-electron chi connectivity index (χ3n) is 4.44. The third kappa shape index (κ3) is 5.51. The first-order valence-corrected chi connectivity index (χ1v) is 11.5. The number of hydrogen-bond acceptors (Lipinski definition) is 4. The Labute approximate surface area is 195 Å². The number of ether oxygens (including phenoxy) is 1. The lowest BCUT2D eigenvalue weighted by Crippen LogP contribution is -2.38. The van der Waals surface area contributed by atoms with E-state index in [0.29, 0.717) is 21.3 Å². The van der Waals surface area contributed by atoms with Gasteiger partial charge in [-0.25, -0.2) is 12.8 Å². The number of carbonyl (C=O) groups excluding carboxylic acids is 1. The maximum Gasteiger partial charge on any atom is 0.268 e. The number of anilines is 2. The van der Waals surface area contributed by atoms with Gasteiger partial charge in [0.2, 0.25) is 5.91 Å². The van der Waals surface area contributed by atoms with Crippen LogP contribution in [0.1, 0.15) is 5.56 Å². The van der Waals surface area contributed by atoms with E-state index >= 15 is 0 Å². The van der Waals surface area contributed by atoms with E-state index in [4.69, 9.17) is 27.9 Å². The largest absolute Gasteiger partial charge is 0.495 e. The van der Waals surface area contributed by atoms with Crippen LogP contribution in [0.15, 0.2) is 65.6 Å². The molecule has 0 radical (unpaired) electrons. The minimum atomic E-state index is -4.26. The molecule has 0 aliphatic heterocycles. The number of sulfonamides is 1. The van der Waals surface area contributed by atoms with Crippen LogP contribution in [0, 0.1) is 12.7 Å². The van der Waals surface area contributed by atoms with Crippen molar-refractivity contribution in [2.75, 3.05) is 23.3 Å². The number of nitrogens with zero attached hydrogens (tertiary/aromatic N) is 1. The number of amides is 1. The van der Waals surface area contributed by atoms with Crippen molar-refractivity contribution in [2.24, 2.45) is 0 Å². The summed E-state index contributed by atoms with van der Waals surface area (Å²) in [5.74, 6) is -1.08. The SMILES string of the molecule is COc1ccc(C)cc1S(=O)(=O)N(CC(=O)Nc1cc(Cl)cc(Cl)c1)c1ccc(F)cc1. The number of hydrogen-bond donors (Lipinski definition) is 1. The molecule has 0 atom stereocenters. The van der Waals surface area contributed by atoms with Crippen LogP contribution in [0.4, 0.5) is 15.8 Å². The Morgan fingerprint density at radius 3 is 2.25 bits per heavy atom. The van der Waals surface area contributed by atoms with Gasteiger partial charge in [0.05, 0.1) is 12.8 Å². The highest BCUT2D eigenvalue weighted by molar-refractivity contribution is 7.93. The van der Waals surface area contributed by atoms with Gasteiger partial charge >= 0.3 is 0 Å². The number of halogens is 3. The molecule has 1 N–H and O–H groups in total. The highest BCUT2D eigenvalue weighted by atomic mass is 35.5. The molecule has 0 aliphatic rings. The molecule has 0 fully saturated rings. The summed E-state index contributed by atoms with van der Waals surface area (Å²) in [6, 6.07) is 13.9. The first-order valence-electron chi connectivity index (χ1n) is 9.29. The minimum absolute atomic E-state index is 0.106. The van der Waals surface area contributed by atoms with Crippen molar-refractivity contribution in [1.29, 1.82) is 0 Å². The Kier molecular flexibility index (Phi) is 7.28. The normalized spacial score (nSPS) is 11.2. The number of methoxy groups -OCH3 is 1. The van der Waals surface area contributed by atoms with Crippen molar-refractivity contribution < 1.29 is 22.3 Å². The third-order valence-corrected chi connectivity index (χ3v) is 6.67. The van der Waals surface area contributed by atoms with Crippen LogP contribution < -0.4 is 14.4 Å². The predicted octanol–water partition coefficient (Wildman–Crippen LogP) is 5.28. The fraction of sp³-hybridized carbons (Fsp3) is 0.136. The van der Waals surface area contributed by atoms with E-state index in [2.05, 4.69) is 5.32 Å². The molecular weight excluding hydrogens is 478 g/mol. The van der Waals surface area contributed by atoms with Crippen LogP contribution in [0.5, 0.6) is 5.75 Å². The molecule has 3 aromatic rings. The molecule has 0 saturated carbocycles. The van der Waals surface area contributed by atoms with E-state index in [9.17, 15) is 17.6 Å². The number of carbonyl (C=O) groups is 1. The molecule has 168 valence electrons. The summed E-state index contributed by atoms with van der Waals surface area (Å²) in [5, 5.41) is 3.19. The highest BCUT2D eigenvalue weighted by Crippen LogP contribution is 2.31. The first-order chi connectivity index (χ1) is 15.1. The average Bonchev–Trinajstić information content (AvgIpc) is 2.72. The van der Waals surface area contributed by atoms with E-state index in [1.165, 1.54) is 49.6 Å². The molecule has 0 aliphatic carbocycles. The average molecular weight is 497 g/mol. The molecule has 3 rings (SSSR count). The minimum Gasteiger partial charge on any atom is -0.495 e. The Bertz CT molecular complexity index is 1230. The van der Waals surface area contributed by atoms with E-state index in [1.54, 1.807) is 13.0 Å². The lowest BCUT2D eigenvalue weighted by molar-refractivity contribution is -0.114. The quantitative estimate of drug-likeness (QED) is 0.482. The summed E-state index contributed by atoms with van der Waals surface area (Å²) in [6.07, 6.45) is 0. The van der Waals surface area contributed by atoms with Crippen LogP contribution in [0.25, 0.3) is 0 Å². The predicted molar refractivity (Wildman–Crippen MR) is 124 cm³/mol. The van der Waals surface area contributed by atoms with Gasteiger partial charge in [-0.3, -0.25) is 9.10 Å². The smallest absolute Gasteiger partial charge is 0.268 e. The van der Waals surface area contributed by atoms with Gasteiger partial charge in [0.25, 0.3) is 10.0 Å². The monoisotopic (exact) mass is 496 g/mol. The van der Waals surface area contributed by atoms with Crippen molar-refractivity contribution >= 4 is 50.5 Å². The summed E-state index contributed by atoms with van der Waals surface area (Å²) in [6.45, 7) is 1.14. The molecule has 0 bridgehead atoms. The van der Waals surface area contributed by atoms with Crippen molar-refractivity contribution in [3.8, 4) is 5.75 Å². The van der Waals surface area contributed by atoms with Gasteiger partial charge < -0.3 is 10.1 Å². The van der Waals surface area contributed by atoms with E-state index < -0.39 is 28.3 Å². The Balaban J connectivity index is 2.01. The fourth-order valence-electron chi connectivity index (χ4n) is 2.98. The Hall–Kier alpha value is -2.81. The zero-order valence-corrected chi connectivity index (χ0v) is 19.4. The van der Waals surface area contributed by atoms with Gasteiger partial charge in [0.1, 0.15) is 23.0 Å². The van der Waals surface area contributed by atoms with Crippen LogP contribution in [-0.4, -0.2) is 28.0 Å². The maximum absolute atomic E-state index is 13.6. The molecule has 6 nitrogen and oxygen atoms in total. The van der Waals surface area contributed by atoms with E-state index in [1.807, 2.05) is 0 Å². The summed E-state index contributed by atoms with van der Waals surface area (Å²) in [7, 11) is -2.91. The van der Waals surface area contributed by atoms with Crippen molar-refractivity contribution in [1.82, 2.24) is 0 Å². The van der Waals surface area contributed by atoms with Crippen LogP contribution in [0.3, 0.4) is 0 Å². The number of benzene rings is 3. The van der Waals surface area contributed by atoms with Gasteiger partial charge in [-0.05, 0) is 67.1 Å². The molecule has 10 heteroatoms. The zero-order chi connectivity index (χ0) is 23.5. The fourth-order valence-corrected chi connectivity index (χ4v) is 5.17. The van der Waals surface area contributed by atoms with Crippen LogP contribution in [-0.2, 0) is 14.8 Å². The summed E-state index contributed by atoms with van der Waals surface area (Å²) in [4.78, 5) is 12.7. The summed E-state index contributed by atoms with van der Waals surface area (Å²) < 4.78 is 46.7. The van der Waals surface area contributed by atoms with Gasteiger partial charge in [-0.1, -0.05) is 29.3 Å².